The van der Waals surface area contributed by atoms with Crippen LogP contribution in [0.25, 0.3) is 0 Å². The molecule has 150 valence electrons. The predicted molar refractivity (Wildman–Crippen MR) is 105 cm³/mol. The van der Waals surface area contributed by atoms with Crippen LogP contribution in [-0.2, 0) is 6.18 Å². The zero-order valence-electron chi connectivity index (χ0n) is 16.6. The highest BCUT2D eigenvalue weighted by Crippen LogP contribution is 2.38. The molecule has 0 aliphatic heterocycles. The smallest absolute Gasteiger partial charge is 0.286 e. The van der Waals surface area contributed by atoms with Gasteiger partial charge in [-0.15, -0.1) is 5.92 Å². The van der Waals surface area contributed by atoms with Gasteiger partial charge < -0.3 is 0 Å². The van der Waals surface area contributed by atoms with Gasteiger partial charge in [0.15, 0.2) is 0 Å². The number of nitrogens with zero attached hydrogens (tertiary/aromatic N) is 1. The fraction of sp³-hybridized carbons (Fsp3) is 0.652. The van der Waals surface area contributed by atoms with Gasteiger partial charge in [0, 0.05) is 13.0 Å². The van der Waals surface area contributed by atoms with Crippen molar-refractivity contribution in [2.75, 3.05) is 13.1 Å². The number of hydrogen-bond donors (Lipinski definition) is 0. The van der Waals surface area contributed by atoms with Crippen molar-refractivity contribution in [1.29, 1.82) is 0 Å². The highest BCUT2D eigenvalue weighted by atomic mass is 19.4. The van der Waals surface area contributed by atoms with Crippen LogP contribution < -0.4 is 0 Å². The molecule has 1 unspecified atom stereocenters. The number of halogens is 3. The maximum Gasteiger partial charge on any atom is 0.416 e. The van der Waals surface area contributed by atoms with Crippen LogP contribution in [0.4, 0.5) is 13.2 Å². The summed E-state index contributed by atoms with van der Waals surface area (Å²) in [4.78, 5) is 2.17. The first kappa shape index (κ1) is 21.8. The first-order valence-electron chi connectivity index (χ1n) is 10.4. The molecule has 0 spiro atoms. The molecule has 1 aliphatic rings. The van der Waals surface area contributed by atoms with Crippen molar-refractivity contribution in [1.82, 2.24) is 4.90 Å². The Kier molecular flexibility index (Phi) is 8.70. The van der Waals surface area contributed by atoms with E-state index >= 15 is 0 Å². The third-order valence-electron chi connectivity index (χ3n) is 5.02. The van der Waals surface area contributed by atoms with Crippen LogP contribution in [0.15, 0.2) is 24.3 Å². The lowest BCUT2D eigenvalue weighted by Gasteiger charge is -2.30. The second-order valence-electron chi connectivity index (χ2n) is 7.56. The zero-order valence-corrected chi connectivity index (χ0v) is 16.6. The number of rotatable bonds is 10. The van der Waals surface area contributed by atoms with Gasteiger partial charge >= 0.3 is 6.18 Å². The summed E-state index contributed by atoms with van der Waals surface area (Å²) >= 11 is 0. The Bertz CT molecular complexity index is 622. The zero-order chi connectivity index (χ0) is 19.7. The van der Waals surface area contributed by atoms with Gasteiger partial charge in [-0.25, -0.2) is 0 Å². The van der Waals surface area contributed by atoms with Gasteiger partial charge in [-0.1, -0.05) is 57.2 Å². The van der Waals surface area contributed by atoms with Crippen molar-refractivity contribution >= 4 is 0 Å². The topological polar surface area (TPSA) is 3.24 Å². The Labute approximate surface area is 162 Å². The molecular formula is C23H32F3N. The summed E-state index contributed by atoms with van der Waals surface area (Å²) in [6.45, 7) is 5.86. The molecule has 2 rings (SSSR count). The van der Waals surface area contributed by atoms with E-state index in [0.717, 1.165) is 38.8 Å². The molecule has 1 aromatic rings. The van der Waals surface area contributed by atoms with E-state index in [1.165, 1.54) is 37.8 Å². The average Bonchev–Trinajstić information content (AvgIpc) is 3.44. The maximum atomic E-state index is 13.6. The van der Waals surface area contributed by atoms with E-state index in [9.17, 15) is 13.2 Å². The van der Waals surface area contributed by atoms with Gasteiger partial charge in [0.2, 0.25) is 0 Å². The lowest BCUT2D eigenvalue weighted by atomic mass is 9.98. The molecule has 0 bridgehead atoms. The van der Waals surface area contributed by atoms with Crippen LogP contribution in [0.5, 0.6) is 0 Å². The highest BCUT2D eigenvalue weighted by Gasteiger charge is 2.36. The molecule has 0 N–H and O–H groups in total. The van der Waals surface area contributed by atoms with Gasteiger partial charge in [-0.2, -0.15) is 13.2 Å². The normalized spacial score (nSPS) is 15.5. The van der Waals surface area contributed by atoms with Crippen molar-refractivity contribution in [2.45, 2.75) is 77.4 Å². The number of hydrogen-bond acceptors (Lipinski definition) is 1. The van der Waals surface area contributed by atoms with E-state index in [2.05, 4.69) is 30.6 Å². The van der Waals surface area contributed by atoms with E-state index in [1.807, 2.05) is 0 Å². The highest BCUT2D eigenvalue weighted by molar-refractivity contribution is 5.37. The molecule has 1 aliphatic carbocycles. The molecule has 1 fully saturated rings. The lowest BCUT2D eigenvalue weighted by molar-refractivity contribution is -0.138. The minimum absolute atomic E-state index is 0.306. The number of alkyl halides is 3. The minimum atomic E-state index is -4.35. The van der Waals surface area contributed by atoms with Gasteiger partial charge in [0.05, 0.1) is 11.6 Å². The van der Waals surface area contributed by atoms with Crippen molar-refractivity contribution in [3.8, 4) is 11.8 Å². The summed E-state index contributed by atoms with van der Waals surface area (Å²) in [5, 5.41) is 0. The molecule has 0 amide bonds. The molecule has 0 aromatic heterocycles. The number of benzene rings is 1. The van der Waals surface area contributed by atoms with Crippen molar-refractivity contribution in [3.63, 3.8) is 0 Å². The van der Waals surface area contributed by atoms with E-state index in [0.29, 0.717) is 11.5 Å². The Morgan fingerprint density at radius 1 is 1.07 bits per heavy atom. The van der Waals surface area contributed by atoms with E-state index in [-0.39, 0.29) is 0 Å². The summed E-state index contributed by atoms with van der Waals surface area (Å²) in [7, 11) is 0. The van der Waals surface area contributed by atoms with Gasteiger partial charge in [0.25, 0.3) is 0 Å². The molecule has 0 saturated heterocycles. The molecule has 1 atom stereocenters. The van der Waals surface area contributed by atoms with Crippen LogP contribution in [0.1, 0.15) is 82.4 Å². The molecule has 1 saturated carbocycles. The molecule has 4 heteroatoms. The average molecular weight is 380 g/mol. The Morgan fingerprint density at radius 3 is 2.44 bits per heavy atom. The molecular weight excluding hydrogens is 347 g/mol. The second-order valence-corrected chi connectivity index (χ2v) is 7.56. The van der Waals surface area contributed by atoms with Gasteiger partial charge in [0.1, 0.15) is 0 Å². The largest absolute Gasteiger partial charge is 0.416 e. The van der Waals surface area contributed by atoms with Crippen molar-refractivity contribution < 1.29 is 13.2 Å². The van der Waals surface area contributed by atoms with Gasteiger partial charge in [-0.05, 0) is 49.8 Å². The SMILES string of the molecule is CCCCCCC#CC(c1ccccc1C(F)(F)F)N(CCC)CC1CC1. The predicted octanol–water partition coefficient (Wildman–Crippen LogP) is 6.84. The fourth-order valence-corrected chi connectivity index (χ4v) is 3.41. The van der Waals surface area contributed by atoms with Crippen LogP contribution in [0.3, 0.4) is 0 Å². The molecule has 0 heterocycles. The first-order valence-corrected chi connectivity index (χ1v) is 10.4. The standard InChI is InChI=1S/C23H32F3N/c1-3-5-6-7-8-9-14-22(27(17-4-2)18-19-15-16-19)20-12-10-11-13-21(20)23(24,25)26/h10-13,19,22H,3-8,15-18H2,1-2H3. The monoisotopic (exact) mass is 379 g/mol. The molecule has 0 radical (unpaired) electrons. The Balaban J connectivity index is 2.27. The van der Waals surface area contributed by atoms with Crippen LogP contribution in [-0.4, -0.2) is 18.0 Å². The van der Waals surface area contributed by atoms with E-state index in [4.69, 9.17) is 0 Å². The van der Waals surface area contributed by atoms with Crippen LogP contribution in [0, 0.1) is 17.8 Å². The van der Waals surface area contributed by atoms with Crippen LogP contribution >= 0.6 is 0 Å². The molecule has 1 nitrogen and oxygen atoms in total. The minimum Gasteiger partial charge on any atom is -0.286 e. The summed E-state index contributed by atoms with van der Waals surface area (Å²) < 4.78 is 40.8. The fourth-order valence-electron chi connectivity index (χ4n) is 3.41. The van der Waals surface area contributed by atoms with Crippen LogP contribution in [0.2, 0.25) is 0 Å². The third-order valence-corrected chi connectivity index (χ3v) is 5.02. The third kappa shape index (κ3) is 7.22. The number of unbranched alkanes of at least 4 members (excludes halogenated alkanes) is 4. The quantitative estimate of drug-likeness (QED) is 0.318. The molecule has 27 heavy (non-hydrogen) atoms. The van der Waals surface area contributed by atoms with Gasteiger partial charge in [-0.3, -0.25) is 4.90 Å². The van der Waals surface area contributed by atoms with E-state index < -0.39 is 17.8 Å². The Morgan fingerprint density at radius 2 is 1.81 bits per heavy atom. The maximum absolute atomic E-state index is 13.6. The summed E-state index contributed by atoms with van der Waals surface area (Å²) in [5.41, 5.74) is -0.243. The Hall–Kier alpha value is -1.47. The summed E-state index contributed by atoms with van der Waals surface area (Å²) in [6, 6.07) is 5.48. The second kappa shape index (κ2) is 10.8. The van der Waals surface area contributed by atoms with Crippen molar-refractivity contribution in [2.24, 2.45) is 5.92 Å². The lowest BCUT2D eigenvalue weighted by Crippen LogP contribution is -2.32. The van der Waals surface area contributed by atoms with E-state index in [1.54, 1.807) is 12.1 Å². The summed E-state index contributed by atoms with van der Waals surface area (Å²) in [6.07, 6.45) is 4.18. The van der Waals surface area contributed by atoms with Crippen molar-refractivity contribution in [3.05, 3.63) is 35.4 Å². The molecule has 1 aromatic carbocycles. The first-order chi connectivity index (χ1) is 13.0. The summed E-state index contributed by atoms with van der Waals surface area (Å²) in [5.74, 6) is 7.03.